The molecule has 1 aromatic rings. The highest BCUT2D eigenvalue weighted by atomic mass is 79.9. The van der Waals surface area contributed by atoms with E-state index in [1.165, 1.54) is 6.07 Å². The zero-order chi connectivity index (χ0) is 9.14. The van der Waals surface area contributed by atoms with Crippen molar-refractivity contribution in [1.82, 2.24) is 0 Å². The first-order valence-corrected chi connectivity index (χ1v) is 4.06. The van der Waals surface area contributed by atoms with Crippen LogP contribution in [0.3, 0.4) is 0 Å². The lowest BCUT2D eigenvalue weighted by molar-refractivity contribution is 0.616. The highest BCUT2D eigenvalue weighted by Gasteiger charge is 2.07. The molecule has 0 saturated carbocycles. The van der Waals surface area contributed by atoms with Crippen LogP contribution >= 0.6 is 15.9 Å². The Morgan fingerprint density at radius 2 is 2.25 bits per heavy atom. The van der Waals surface area contributed by atoms with Crippen LogP contribution in [-0.2, 0) is 6.54 Å². The first-order chi connectivity index (χ1) is 5.69. The van der Waals surface area contributed by atoms with Gasteiger partial charge in [0, 0.05) is 6.54 Å². The summed E-state index contributed by atoms with van der Waals surface area (Å²) in [6.45, 7) is 0.299. The molecule has 0 bridgehead atoms. The molecule has 0 aliphatic rings. The fourth-order valence-corrected chi connectivity index (χ4v) is 1.35. The lowest BCUT2D eigenvalue weighted by atomic mass is 10.1. The second-order valence-corrected chi connectivity index (χ2v) is 3.11. The summed E-state index contributed by atoms with van der Waals surface area (Å²) < 4.78 is 13.3. The zero-order valence-electron chi connectivity index (χ0n) is 6.14. The first kappa shape index (κ1) is 9.17. The van der Waals surface area contributed by atoms with E-state index in [0.717, 1.165) is 5.56 Å². The Morgan fingerprint density at radius 1 is 1.58 bits per heavy atom. The molecule has 12 heavy (non-hydrogen) atoms. The predicted molar refractivity (Wildman–Crippen MR) is 46.7 cm³/mol. The molecule has 0 saturated heterocycles. The van der Waals surface area contributed by atoms with E-state index in [-0.39, 0.29) is 10.0 Å². The van der Waals surface area contributed by atoms with Gasteiger partial charge in [0.05, 0.1) is 10.0 Å². The van der Waals surface area contributed by atoms with Gasteiger partial charge >= 0.3 is 0 Å². The van der Waals surface area contributed by atoms with Gasteiger partial charge in [-0.25, -0.2) is 4.39 Å². The van der Waals surface area contributed by atoms with Crippen molar-refractivity contribution >= 4 is 15.9 Å². The number of rotatable bonds is 1. The van der Waals surface area contributed by atoms with E-state index >= 15 is 0 Å². The average Bonchev–Trinajstić information content (AvgIpc) is 2.09. The fraction of sp³-hybridized carbons (Fsp3) is 0.125. The van der Waals surface area contributed by atoms with Crippen LogP contribution in [0.15, 0.2) is 16.6 Å². The Balaban J connectivity index is 3.31. The molecule has 0 aliphatic carbocycles. The third-order valence-corrected chi connectivity index (χ3v) is 2.02. The number of nitrogens with zero attached hydrogens (tertiary/aromatic N) is 1. The van der Waals surface area contributed by atoms with Gasteiger partial charge in [0.25, 0.3) is 0 Å². The van der Waals surface area contributed by atoms with Gasteiger partial charge in [0.2, 0.25) is 0 Å². The van der Waals surface area contributed by atoms with Gasteiger partial charge in [-0.1, -0.05) is 0 Å². The van der Waals surface area contributed by atoms with Crippen molar-refractivity contribution in [3.8, 4) is 6.07 Å². The van der Waals surface area contributed by atoms with Crippen molar-refractivity contribution in [3.05, 3.63) is 33.5 Å². The molecule has 0 fully saturated rings. The molecule has 0 spiro atoms. The Labute approximate surface area is 77.9 Å². The van der Waals surface area contributed by atoms with Crippen molar-refractivity contribution in [2.75, 3.05) is 0 Å². The molecule has 0 radical (unpaired) electrons. The number of hydrogen-bond donors (Lipinski definition) is 1. The van der Waals surface area contributed by atoms with Crippen molar-refractivity contribution in [2.45, 2.75) is 6.54 Å². The van der Waals surface area contributed by atoms with E-state index in [9.17, 15) is 4.39 Å². The van der Waals surface area contributed by atoms with Crippen molar-refractivity contribution in [1.29, 1.82) is 5.26 Å². The normalized spacial score (nSPS) is 9.50. The predicted octanol–water partition coefficient (Wildman–Crippen LogP) is 1.92. The molecule has 1 aromatic carbocycles. The van der Waals surface area contributed by atoms with Gasteiger partial charge in [-0.3, -0.25) is 0 Å². The topological polar surface area (TPSA) is 49.8 Å². The molecule has 0 amide bonds. The number of benzene rings is 1. The molecule has 0 aliphatic heterocycles. The summed E-state index contributed by atoms with van der Waals surface area (Å²) in [7, 11) is 0. The maximum atomic E-state index is 13.0. The second-order valence-electron chi connectivity index (χ2n) is 2.26. The molecular weight excluding hydrogens is 223 g/mol. The Morgan fingerprint density at radius 3 is 2.75 bits per heavy atom. The van der Waals surface area contributed by atoms with Crippen LogP contribution in [0.4, 0.5) is 4.39 Å². The maximum Gasteiger partial charge on any atom is 0.155 e. The minimum Gasteiger partial charge on any atom is -0.326 e. The van der Waals surface area contributed by atoms with Gasteiger partial charge in [0.1, 0.15) is 6.07 Å². The summed E-state index contributed by atoms with van der Waals surface area (Å²) in [6.07, 6.45) is 0. The van der Waals surface area contributed by atoms with Crippen molar-refractivity contribution in [2.24, 2.45) is 5.73 Å². The summed E-state index contributed by atoms with van der Waals surface area (Å²) in [5.74, 6) is -0.533. The molecule has 0 aromatic heterocycles. The number of nitrogens with two attached hydrogens (primary N) is 1. The lowest BCUT2D eigenvalue weighted by Crippen LogP contribution is -1.98. The molecule has 0 heterocycles. The second kappa shape index (κ2) is 3.65. The monoisotopic (exact) mass is 228 g/mol. The largest absolute Gasteiger partial charge is 0.326 e. The summed E-state index contributed by atoms with van der Waals surface area (Å²) in [4.78, 5) is 0. The molecule has 0 atom stereocenters. The first-order valence-electron chi connectivity index (χ1n) is 3.27. The summed E-state index contributed by atoms with van der Waals surface area (Å²) in [5, 5.41) is 8.51. The van der Waals surface area contributed by atoms with Crippen LogP contribution in [-0.4, -0.2) is 0 Å². The average molecular weight is 229 g/mol. The molecule has 62 valence electrons. The molecule has 2 N–H and O–H groups in total. The minimum absolute atomic E-state index is 0.0184. The molecule has 0 unspecified atom stereocenters. The smallest absolute Gasteiger partial charge is 0.155 e. The van der Waals surface area contributed by atoms with E-state index in [4.69, 9.17) is 11.0 Å². The van der Waals surface area contributed by atoms with Crippen LogP contribution < -0.4 is 5.73 Å². The van der Waals surface area contributed by atoms with Gasteiger partial charge in [-0.05, 0) is 33.6 Å². The Kier molecular flexibility index (Phi) is 2.79. The van der Waals surface area contributed by atoms with Crippen LogP contribution in [0, 0.1) is 17.1 Å². The Hall–Kier alpha value is -0.920. The highest BCUT2D eigenvalue weighted by molar-refractivity contribution is 9.10. The third-order valence-electron chi connectivity index (χ3n) is 1.44. The summed E-state index contributed by atoms with van der Waals surface area (Å²) >= 11 is 3.00. The number of nitriles is 1. The van der Waals surface area contributed by atoms with Crippen molar-refractivity contribution in [3.63, 3.8) is 0 Å². The standard InChI is InChI=1S/C8H6BrFN2/c9-7-2-5(3-11)1-6(4-12)8(7)10/h1-2H,3,11H2. The highest BCUT2D eigenvalue weighted by Crippen LogP contribution is 2.20. The minimum atomic E-state index is -0.533. The van der Waals surface area contributed by atoms with Gasteiger partial charge in [-0.2, -0.15) is 5.26 Å². The van der Waals surface area contributed by atoms with Crippen LogP contribution in [0.1, 0.15) is 11.1 Å². The number of halogens is 2. The van der Waals surface area contributed by atoms with Crippen LogP contribution in [0.5, 0.6) is 0 Å². The van der Waals surface area contributed by atoms with E-state index in [0.29, 0.717) is 6.54 Å². The van der Waals surface area contributed by atoms with Gasteiger partial charge < -0.3 is 5.73 Å². The van der Waals surface area contributed by atoms with E-state index in [1.54, 1.807) is 12.1 Å². The Bertz CT molecular complexity index is 344. The zero-order valence-corrected chi connectivity index (χ0v) is 7.73. The SMILES string of the molecule is N#Cc1cc(CN)cc(Br)c1F. The van der Waals surface area contributed by atoms with E-state index in [1.807, 2.05) is 0 Å². The van der Waals surface area contributed by atoms with Crippen LogP contribution in [0.25, 0.3) is 0 Å². The molecular formula is C8H6BrFN2. The molecule has 4 heteroatoms. The fourth-order valence-electron chi connectivity index (χ4n) is 0.844. The summed E-state index contributed by atoms with van der Waals surface area (Å²) in [6, 6.07) is 4.76. The lowest BCUT2D eigenvalue weighted by Gasteiger charge is -2.00. The molecule has 1 rings (SSSR count). The third kappa shape index (κ3) is 1.63. The van der Waals surface area contributed by atoms with Crippen LogP contribution in [0.2, 0.25) is 0 Å². The maximum absolute atomic E-state index is 13.0. The van der Waals surface area contributed by atoms with Gasteiger partial charge in [-0.15, -0.1) is 0 Å². The van der Waals surface area contributed by atoms with Crippen molar-refractivity contribution < 1.29 is 4.39 Å². The van der Waals surface area contributed by atoms with E-state index < -0.39 is 5.82 Å². The number of hydrogen-bond acceptors (Lipinski definition) is 2. The van der Waals surface area contributed by atoms with Gasteiger partial charge in [0.15, 0.2) is 5.82 Å². The quantitative estimate of drug-likeness (QED) is 0.799. The molecule has 2 nitrogen and oxygen atoms in total. The van der Waals surface area contributed by atoms with E-state index in [2.05, 4.69) is 15.9 Å². The summed E-state index contributed by atoms with van der Waals surface area (Å²) in [5.41, 5.74) is 6.09.